The van der Waals surface area contributed by atoms with E-state index in [0.29, 0.717) is 44.5 Å². The highest BCUT2D eigenvalue weighted by Crippen LogP contribution is 2.37. The fourth-order valence-corrected chi connectivity index (χ4v) is 9.89. The van der Waals surface area contributed by atoms with Gasteiger partial charge in [-0.3, -0.25) is 18.7 Å². The molecule has 14 rings (SSSR count). The van der Waals surface area contributed by atoms with Crippen LogP contribution in [0.1, 0.15) is 0 Å². The summed E-state index contributed by atoms with van der Waals surface area (Å²) < 4.78 is 16.2. The van der Waals surface area contributed by atoms with E-state index in [4.69, 9.17) is 18.8 Å². The molecule has 4 aromatic heterocycles. The van der Waals surface area contributed by atoms with Crippen LogP contribution in [-0.2, 0) is 0 Å². The van der Waals surface area contributed by atoms with Gasteiger partial charge in [0.2, 0.25) is 0 Å². The largest absolute Gasteiger partial charge is 0.492 e. The van der Waals surface area contributed by atoms with Crippen molar-refractivity contribution in [3.63, 3.8) is 0 Å². The van der Waals surface area contributed by atoms with Crippen molar-refractivity contribution in [2.24, 2.45) is 0 Å². The molecule has 10 nitrogen and oxygen atoms in total. The second kappa shape index (κ2) is 20.5. The standard InChI is InChI=1S/C32H20N2O2.C20H13BrN2O.C12H9BO3/c35-32-27-12-4-6-15-28(27)33-31(34(32)23-9-2-1-3-10-23)22-19-17-21(18-20-22)24-13-8-14-26-25-11-5-7-16-29(25)36-30(24)26;21-15-12-10-14(11-13-15)19-22-18-9-5-4-8-17(18)20(24)23(19)16-6-2-1-3-7-16;14-13(15)10-6-3-5-9-8-4-1-2-7-11(8)16-12(9)10/h1-20H;1-13H;1-7,14-15H. The first-order valence-electron chi connectivity index (χ1n) is 24.5. The summed E-state index contributed by atoms with van der Waals surface area (Å²) in [7, 11) is -1.51. The molecule has 0 amide bonds. The fourth-order valence-electron chi connectivity index (χ4n) is 9.63. The van der Waals surface area contributed by atoms with Crippen LogP contribution in [0.3, 0.4) is 0 Å². The molecule has 0 spiro atoms. The maximum Gasteiger partial charge on any atom is 0.492 e. The highest BCUT2D eigenvalue weighted by Gasteiger charge is 2.20. The lowest BCUT2D eigenvalue weighted by Gasteiger charge is -2.14. The first-order chi connectivity index (χ1) is 37.3. The first-order valence-corrected chi connectivity index (χ1v) is 25.3. The van der Waals surface area contributed by atoms with E-state index < -0.39 is 7.12 Å². The van der Waals surface area contributed by atoms with Crippen LogP contribution >= 0.6 is 15.9 Å². The SMILES string of the molecule is O=c1c2ccccc2nc(-c2ccc(-c3cccc4c3oc3ccccc34)cc2)n1-c1ccccc1.O=c1c2ccccc2nc(-c2ccc(Br)cc2)n1-c1ccccc1.OB(O)c1cccc2c1oc1ccccc12. The number of benzene rings is 10. The molecule has 0 fully saturated rings. The Bertz CT molecular complexity index is 4560. The van der Waals surface area contributed by atoms with Crippen LogP contribution in [-0.4, -0.2) is 36.3 Å². The van der Waals surface area contributed by atoms with Gasteiger partial charge in [-0.2, -0.15) is 0 Å². The van der Waals surface area contributed by atoms with Gasteiger partial charge in [0.1, 0.15) is 34.0 Å². The number of aromatic nitrogens is 4. The molecule has 0 saturated carbocycles. The number of hydrogen-bond acceptors (Lipinski definition) is 8. The van der Waals surface area contributed by atoms with Crippen molar-refractivity contribution >= 4 is 94.2 Å². The van der Waals surface area contributed by atoms with Crippen LogP contribution in [0.15, 0.2) is 266 Å². The number of furan rings is 2. The lowest BCUT2D eigenvalue weighted by Crippen LogP contribution is -2.29. The smallest absolute Gasteiger partial charge is 0.456 e. The Morgan fingerprint density at radius 2 is 0.776 bits per heavy atom. The van der Waals surface area contributed by atoms with E-state index in [0.717, 1.165) is 76.4 Å². The lowest BCUT2D eigenvalue weighted by atomic mass is 9.79. The maximum absolute atomic E-state index is 13.6. The number of halogens is 1. The number of nitrogens with zero attached hydrogens (tertiary/aromatic N) is 4. The van der Waals surface area contributed by atoms with Crippen LogP contribution in [0, 0.1) is 0 Å². The average Bonchev–Trinajstić information content (AvgIpc) is 4.10. The Kier molecular flexibility index (Phi) is 12.8. The Hall–Kier alpha value is -9.46. The van der Waals surface area contributed by atoms with E-state index in [1.54, 1.807) is 21.3 Å². The normalized spacial score (nSPS) is 11.2. The fraction of sp³-hybridized carbons (Fsp3) is 0. The first kappa shape index (κ1) is 47.5. The topological polar surface area (TPSA) is 137 Å². The molecular weight excluding hydrogens is 1010 g/mol. The highest BCUT2D eigenvalue weighted by molar-refractivity contribution is 9.10. The van der Waals surface area contributed by atoms with Gasteiger partial charge < -0.3 is 18.9 Å². The predicted molar refractivity (Wildman–Crippen MR) is 310 cm³/mol. The van der Waals surface area contributed by atoms with Crippen molar-refractivity contribution in [1.82, 2.24) is 19.1 Å². The molecule has 0 aliphatic heterocycles. The molecular formula is C64H42BBrN4O6. The third kappa shape index (κ3) is 8.96. The summed E-state index contributed by atoms with van der Waals surface area (Å²) in [5.74, 6) is 1.25. The monoisotopic (exact) mass is 1050 g/mol. The lowest BCUT2D eigenvalue weighted by molar-refractivity contribution is 0.425. The summed E-state index contributed by atoms with van der Waals surface area (Å²) in [5.41, 5.74) is 10.1. The zero-order valence-corrected chi connectivity index (χ0v) is 42.0. The van der Waals surface area contributed by atoms with Gasteiger partial charge in [-0.25, -0.2) is 9.97 Å². The zero-order chi connectivity index (χ0) is 51.7. The minimum Gasteiger partial charge on any atom is -0.456 e. The number of hydrogen-bond donors (Lipinski definition) is 2. The Morgan fingerprint density at radius 3 is 1.29 bits per heavy atom. The van der Waals surface area contributed by atoms with Crippen LogP contribution in [0.5, 0.6) is 0 Å². The quantitative estimate of drug-likeness (QED) is 0.157. The van der Waals surface area contributed by atoms with Gasteiger partial charge in [-0.1, -0.05) is 186 Å². The molecule has 14 aromatic rings. The van der Waals surface area contributed by atoms with Gasteiger partial charge in [0, 0.05) is 48.2 Å². The third-order valence-electron chi connectivity index (χ3n) is 13.3. The second-order valence-corrected chi connectivity index (χ2v) is 18.8. The third-order valence-corrected chi connectivity index (χ3v) is 13.8. The highest BCUT2D eigenvalue weighted by atomic mass is 79.9. The summed E-state index contributed by atoms with van der Waals surface area (Å²) in [4.78, 5) is 36.3. The van der Waals surface area contributed by atoms with E-state index in [1.807, 2.05) is 194 Å². The van der Waals surface area contributed by atoms with Gasteiger partial charge in [-0.05, 0) is 78.4 Å². The van der Waals surface area contributed by atoms with E-state index in [1.165, 1.54) is 0 Å². The van der Waals surface area contributed by atoms with E-state index in [-0.39, 0.29) is 11.1 Å². The minimum atomic E-state index is -1.51. The van der Waals surface area contributed by atoms with Crippen molar-refractivity contribution < 1.29 is 18.9 Å². The van der Waals surface area contributed by atoms with Gasteiger partial charge >= 0.3 is 7.12 Å². The number of fused-ring (bicyclic) bond motifs is 8. The minimum absolute atomic E-state index is 0.0651. The predicted octanol–water partition coefficient (Wildman–Crippen LogP) is 13.7. The summed E-state index contributed by atoms with van der Waals surface area (Å²) in [6.45, 7) is 0. The Morgan fingerprint density at radius 1 is 0.382 bits per heavy atom. The molecule has 4 heterocycles. The molecule has 0 atom stereocenters. The summed E-state index contributed by atoms with van der Waals surface area (Å²) in [6.07, 6.45) is 0. The maximum atomic E-state index is 13.6. The molecule has 76 heavy (non-hydrogen) atoms. The van der Waals surface area contributed by atoms with Gasteiger partial charge in [0.15, 0.2) is 0 Å². The summed E-state index contributed by atoms with van der Waals surface area (Å²) in [5, 5.41) is 23.8. The van der Waals surface area contributed by atoms with Crippen LogP contribution < -0.4 is 16.6 Å². The molecule has 0 unspecified atom stereocenters. The van der Waals surface area contributed by atoms with Crippen molar-refractivity contribution in [3.8, 4) is 45.3 Å². The molecule has 12 heteroatoms. The Labute approximate surface area is 442 Å². The number of para-hydroxylation sites is 8. The van der Waals surface area contributed by atoms with E-state index in [9.17, 15) is 19.6 Å². The molecule has 0 radical (unpaired) electrons. The molecule has 364 valence electrons. The van der Waals surface area contributed by atoms with E-state index >= 15 is 0 Å². The van der Waals surface area contributed by atoms with Gasteiger partial charge in [0.25, 0.3) is 11.1 Å². The van der Waals surface area contributed by atoms with Crippen LogP contribution in [0.25, 0.3) is 111 Å². The molecule has 0 aliphatic rings. The Balaban J connectivity index is 0.000000125. The van der Waals surface area contributed by atoms with Crippen molar-refractivity contribution in [2.45, 2.75) is 0 Å². The number of rotatable bonds is 6. The molecule has 0 bridgehead atoms. The van der Waals surface area contributed by atoms with E-state index in [2.05, 4.69) is 52.3 Å². The summed E-state index contributed by atoms with van der Waals surface area (Å²) in [6, 6.07) is 77.5. The average molecular weight is 1050 g/mol. The van der Waals surface area contributed by atoms with Crippen molar-refractivity contribution in [3.05, 3.63) is 268 Å². The van der Waals surface area contributed by atoms with Crippen molar-refractivity contribution in [2.75, 3.05) is 0 Å². The zero-order valence-electron chi connectivity index (χ0n) is 40.4. The molecule has 2 N–H and O–H groups in total. The second-order valence-electron chi connectivity index (χ2n) is 17.9. The summed E-state index contributed by atoms with van der Waals surface area (Å²) >= 11 is 3.45. The van der Waals surface area contributed by atoms with Gasteiger partial charge in [-0.15, -0.1) is 0 Å². The van der Waals surface area contributed by atoms with Crippen LogP contribution in [0.2, 0.25) is 0 Å². The molecule has 0 aliphatic carbocycles. The van der Waals surface area contributed by atoms with Crippen LogP contribution in [0.4, 0.5) is 0 Å². The molecule has 10 aromatic carbocycles. The van der Waals surface area contributed by atoms with Crippen molar-refractivity contribution in [1.29, 1.82) is 0 Å². The molecule has 0 saturated heterocycles. The van der Waals surface area contributed by atoms with Gasteiger partial charge in [0.05, 0.1) is 33.2 Å².